The third-order valence-electron chi connectivity index (χ3n) is 3.34. The number of pyridine rings is 1. The van der Waals surface area contributed by atoms with Crippen LogP contribution in [0.5, 0.6) is 5.75 Å². The molecule has 1 aromatic heterocycles. The molecule has 0 radical (unpaired) electrons. The van der Waals surface area contributed by atoms with Crippen LogP contribution in [-0.4, -0.2) is 30.6 Å². The Morgan fingerprint density at radius 2 is 2.04 bits per heavy atom. The van der Waals surface area contributed by atoms with Crippen LogP contribution in [-0.2, 0) is 4.79 Å². The van der Waals surface area contributed by atoms with Crippen molar-refractivity contribution < 1.29 is 9.53 Å². The molecule has 0 bridgehead atoms. The molecule has 6 heteroatoms. The van der Waals surface area contributed by atoms with E-state index < -0.39 is 0 Å². The molecule has 0 aliphatic rings. The minimum Gasteiger partial charge on any atom is -0.493 e. The smallest absolute Gasteiger partial charge is 0.226 e. The van der Waals surface area contributed by atoms with Gasteiger partial charge in [-0.3, -0.25) is 4.79 Å². The van der Waals surface area contributed by atoms with Crippen molar-refractivity contribution >= 4 is 11.7 Å². The number of hydrogen-bond donors (Lipinski definition) is 2. The summed E-state index contributed by atoms with van der Waals surface area (Å²) in [5, 5.41) is 14.8. The standard InChI is InChI=1S/C18H20N4O2/c1-14(13-24-16-7-3-2-4-8-16)18(23)22-11-10-21-17-15(12-19)6-5-9-20-17/h2-9,14H,10-11,13H2,1H3,(H,20,21)(H,22,23)/t14-/m1/s1. The van der Waals surface area contributed by atoms with Crippen LogP contribution in [0.4, 0.5) is 5.82 Å². The second kappa shape index (κ2) is 9.16. The molecule has 1 amide bonds. The lowest BCUT2D eigenvalue weighted by Crippen LogP contribution is -2.35. The van der Waals surface area contributed by atoms with Crippen molar-refractivity contribution in [2.45, 2.75) is 6.92 Å². The van der Waals surface area contributed by atoms with Crippen molar-refractivity contribution in [3.63, 3.8) is 0 Å². The molecule has 0 spiro atoms. The predicted molar refractivity (Wildman–Crippen MR) is 91.6 cm³/mol. The Bertz CT molecular complexity index is 698. The largest absolute Gasteiger partial charge is 0.493 e. The van der Waals surface area contributed by atoms with Gasteiger partial charge in [0.1, 0.15) is 17.6 Å². The van der Waals surface area contributed by atoms with Gasteiger partial charge in [-0.2, -0.15) is 5.26 Å². The molecule has 0 fully saturated rings. The number of hydrogen-bond acceptors (Lipinski definition) is 5. The van der Waals surface area contributed by atoms with Crippen LogP contribution in [0, 0.1) is 17.2 Å². The Kier molecular flexibility index (Phi) is 6.59. The topological polar surface area (TPSA) is 87.0 Å². The maximum Gasteiger partial charge on any atom is 0.226 e. The summed E-state index contributed by atoms with van der Waals surface area (Å²) in [6.45, 7) is 3.07. The Hall–Kier alpha value is -3.07. The quantitative estimate of drug-likeness (QED) is 0.727. The Balaban J connectivity index is 1.68. The van der Waals surface area contributed by atoms with E-state index in [0.717, 1.165) is 5.75 Å². The Morgan fingerprint density at radius 1 is 1.25 bits per heavy atom. The fourth-order valence-electron chi connectivity index (χ4n) is 1.99. The normalized spacial score (nSPS) is 11.2. The van der Waals surface area contributed by atoms with Crippen molar-refractivity contribution in [1.29, 1.82) is 5.26 Å². The van der Waals surface area contributed by atoms with Gasteiger partial charge in [0.15, 0.2) is 0 Å². The van der Waals surface area contributed by atoms with Gasteiger partial charge in [-0.1, -0.05) is 25.1 Å². The molecule has 2 rings (SSSR count). The van der Waals surface area contributed by atoms with E-state index in [0.29, 0.717) is 31.1 Å². The number of nitrogens with one attached hydrogen (secondary N) is 2. The Labute approximate surface area is 141 Å². The summed E-state index contributed by atoms with van der Waals surface area (Å²) in [6.07, 6.45) is 1.62. The van der Waals surface area contributed by atoms with Crippen LogP contribution in [0.1, 0.15) is 12.5 Å². The molecule has 0 saturated heterocycles. The highest BCUT2D eigenvalue weighted by Gasteiger charge is 2.13. The molecule has 1 heterocycles. The number of ether oxygens (including phenoxy) is 1. The van der Waals surface area contributed by atoms with Crippen LogP contribution >= 0.6 is 0 Å². The van der Waals surface area contributed by atoms with E-state index >= 15 is 0 Å². The van der Waals surface area contributed by atoms with Crippen molar-refractivity contribution in [1.82, 2.24) is 10.3 Å². The zero-order valence-electron chi connectivity index (χ0n) is 13.5. The summed E-state index contributed by atoms with van der Waals surface area (Å²) in [7, 11) is 0. The molecular formula is C18H20N4O2. The number of benzene rings is 1. The van der Waals surface area contributed by atoms with E-state index in [-0.39, 0.29) is 11.8 Å². The molecule has 1 atom stereocenters. The van der Waals surface area contributed by atoms with Crippen LogP contribution in [0.15, 0.2) is 48.7 Å². The third kappa shape index (κ3) is 5.29. The molecule has 0 unspecified atom stereocenters. The molecule has 2 N–H and O–H groups in total. The highest BCUT2D eigenvalue weighted by molar-refractivity contribution is 5.78. The first kappa shape index (κ1) is 17.3. The van der Waals surface area contributed by atoms with Gasteiger partial charge in [-0.15, -0.1) is 0 Å². The van der Waals surface area contributed by atoms with E-state index in [1.807, 2.05) is 37.3 Å². The summed E-state index contributed by atoms with van der Waals surface area (Å²) in [5.41, 5.74) is 0.480. The summed E-state index contributed by atoms with van der Waals surface area (Å²) in [5.74, 6) is 0.941. The number of amides is 1. The average molecular weight is 324 g/mol. The molecule has 0 aliphatic carbocycles. The fraction of sp³-hybridized carbons (Fsp3) is 0.278. The van der Waals surface area contributed by atoms with Gasteiger partial charge in [0, 0.05) is 19.3 Å². The van der Waals surface area contributed by atoms with Crippen molar-refractivity contribution in [2.24, 2.45) is 5.92 Å². The van der Waals surface area contributed by atoms with Gasteiger partial charge in [0.25, 0.3) is 0 Å². The lowest BCUT2D eigenvalue weighted by molar-refractivity contribution is -0.125. The van der Waals surface area contributed by atoms with Crippen LogP contribution in [0.25, 0.3) is 0 Å². The lowest BCUT2D eigenvalue weighted by Gasteiger charge is -2.14. The first-order valence-corrected chi connectivity index (χ1v) is 7.75. The number of nitriles is 1. The average Bonchev–Trinajstić information content (AvgIpc) is 2.64. The van der Waals surface area contributed by atoms with Gasteiger partial charge in [0.2, 0.25) is 5.91 Å². The van der Waals surface area contributed by atoms with E-state index in [2.05, 4.69) is 21.7 Å². The molecule has 1 aromatic carbocycles. The second-order valence-corrected chi connectivity index (χ2v) is 5.25. The lowest BCUT2D eigenvalue weighted by atomic mass is 10.2. The van der Waals surface area contributed by atoms with Crippen LogP contribution in [0.2, 0.25) is 0 Å². The summed E-state index contributed by atoms with van der Waals surface area (Å²) < 4.78 is 5.57. The molecular weight excluding hydrogens is 304 g/mol. The maximum absolute atomic E-state index is 12.0. The third-order valence-corrected chi connectivity index (χ3v) is 3.34. The monoisotopic (exact) mass is 324 g/mol. The van der Waals surface area contributed by atoms with E-state index in [4.69, 9.17) is 10.00 Å². The van der Waals surface area contributed by atoms with Crippen molar-refractivity contribution in [3.8, 4) is 11.8 Å². The molecule has 0 saturated carbocycles. The molecule has 0 aliphatic heterocycles. The molecule has 2 aromatic rings. The number of aromatic nitrogens is 1. The second-order valence-electron chi connectivity index (χ2n) is 5.25. The van der Waals surface area contributed by atoms with Crippen LogP contribution in [0.3, 0.4) is 0 Å². The van der Waals surface area contributed by atoms with Gasteiger partial charge in [-0.05, 0) is 24.3 Å². The summed E-state index contributed by atoms with van der Waals surface area (Å²) in [4.78, 5) is 16.1. The highest BCUT2D eigenvalue weighted by Crippen LogP contribution is 2.10. The number of anilines is 1. The number of carbonyl (C=O) groups is 1. The van der Waals surface area contributed by atoms with E-state index in [1.54, 1.807) is 18.3 Å². The predicted octanol–water partition coefficient (Wildman–Crippen LogP) is 2.20. The fourth-order valence-corrected chi connectivity index (χ4v) is 1.99. The number of para-hydroxylation sites is 1. The molecule has 124 valence electrons. The van der Waals surface area contributed by atoms with Gasteiger partial charge in [0.05, 0.1) is 18.1 Å². The summed E-state index contributed by atoms with van der Waals surface area (Å²) in [6, 6.07) is 14.9. The first-order chi connectivity index (χ1) is 11.7. The van der Waals surface area contributed by atoms with E-state index in [1.165, 1.54) is 0 Å². The highest BCUT2D eigenvalue weighted by atomic mass is 16.5. The van der Waals surface area contributed by atoms with Crippen molar-refractivity contribution in [2.75, 3.05) is 25.0 Å². The zero-order chi connectivity index (χ0) is 17.2. The zero-order valence-corrected chi connectivity index (χ0v) is 13.5. The Morgan fingerprint density at radius 3 is 2.79 bits per heavy atom. The number of carbonyl (C=O) groups excluding carboxylic acids is 1. The minimum absolute atomic E-state index is 0.0748. The number of nitrogens with zero attached hydrogens (tertiary/aromatic N) is 2. The summed E-state index contributed by atoms with van der Waals surface area (Å²) >= 11 is 0. The van der Waals surface area contributed by atoms with Crippen molar-refractivity contribution in [3.05, 3.63) is 54.2 Å². The molecule has 24 heavy (non-hydrogen) atoms. The van der Waals surface area contributed by atoms with E-state index in [9.17, 15) is 4.79 Å². The number of rotatable bonds is 8. The van der Waals surface area contributed by atoms with Gasteiger partial charge < -0.3 is 15.4 Å². The van der Waals surface area contributed by atoms with Gasteiger partial charge in [-0.25, -0.2) is 4.98 Å². The molecule has 6 nitrogen and oxygen atoms in total. The SMILES string of the molecule is C[C@H](COc1ccccc1)C(=O)NCCNc1ncccc1C#N. The van der Waals surface area contributed by atoms with Gasteiger partial charge >= 0.3 is 0 Å². The maximum atomic E-state index is 12.0. The first-order valence-electron chi connectivity index (χ1n) is 7.75. The van der Waals surface area contributed by atoms with Crippen LogP contribution < -0.4 is 15.4 Å². The minimum atomic E-state index is -0.255.